The number of carbonyl (C=O) groups is 1. The molecule has 118 valence electrons. The van der Waals surface area contributed by atoms with E-state index >= 15 is 0 Å². The number of anilines is 1. The van der Waals surface area contributed by atoms with Crippen molar-refractivity contribution in [3.8, 4) is 5.69 Å². The van der Waals surface area contributed by atoms with Crippen LogP contribution >= 0.6 is 0 Å². The van der Waals surface area contributed by atoms with Crippen LogP contribution in [0.1, 0.15) is 27.4 Å². The Kier molecular flexibility index (Phi) is 3.73. The SMILES string of the molecule is Cc1ccc(-n2nc(C)c(NC(=O)c3ccnn3C)c2C)cc1. The maximum atomic E-state index is 12.4. The summed E-state index contributed by atoms with van der Waals surface area (Å²) in [6.45, 7) is 5.87. The lowest BCUT2D eigenvalue weighted by Gasteiger charge is -2.07. The zero-order chi connectivity index (χ0) is 16.6. The Labute approximate surface area is 134 Å². The first kappa shape index (κ1) is 15.0. The molecule has 0 fully saturated rings. The van der Waals surface area contributed by atoms with E-state index in [1.54, 1.807) is 24.0 Å². The lowest BCUT2D eigenvalue weighted by atomic mass is 10.2. The summed E-state index contributed by atoms with van der Waals surface area (Å²) in [5, 5.41) is 11.5. The van der Waals surface area contributed by atoms with Gasteiger partial charge < -0.3 is 5.32 Å². The lowest BCUT2D eigenvalue weighted by Crippen LogP contribution is -2.17. The third-order valence-corrected chi connectivity index (χ3v) is 3.86. The van der Waals surface area contributed by atoms with Gasteiger partial charge in [-0.2, -0.15) is 10.2 Å². The van der Waals surface area contributed by atoms with E-state index in [-0.39, 0.29) is 5.91 Å². The number of aryl methyl sites for hydroxylation is 3. The Bertz CT molecular complexity index is 858. The Hall–Kier alpha value is -2.89. The van der Waals surface area contributed by atoms with Crippen LogP contribution < -0.4 is 5.32 Å². The molecule has 0 aliphatic rings. The van der Waals surface area contributed by atoms with Crippen LogP contribution in [0.5, 0.6) is 0 Å². The van der Waals surface area contributed by atoms with Gasteiger partial charge in [-0.15, -0.1) is 0 Å². The third kappa shape index (κ3) is 2.75. The van der Waals surface area contributed by atoms with Gasteiger partial charge in [0.15, 0.2) is 0 Å². The molecular formula is C17H19N5O. The van der Waals surface area contributed by atoms with Gasteiger partial charge in [-0.3, -0.25) is 9.48 Å². The molecular weight excluding hydrogens is 290 g/mol. The van der Waals surface area contributed by atoms with Crippen molar-refractivity contribution in [1.82, 2.24) is 19.6 Å². The second kappa shape index (κ2) is 5.72. The number of nitrogens with zero attached hydrogens (tertiary/aromatic N) is 4. The first-order valence-electron chi connectivity index (χ1n) is 7.40. The molecule has 0 bridgehead atoms. The van der Waals surface area contributed by atoms with Crippen molar-refractivity contribution in [2.75, 3.05) is 5.32 Å². The fraction of sp³-hybridized carbons (Fsp3) is 0.235. The Morgan fingerprint density at radius 1 is 1.09 bits per heavy atom. The van der Waals surface area contributed by atoms with Gasteiger partial charge in [-0.1, -0.05) is 17.7 Å². The summed E-state index contributed by atoms with van der Waals surface area (Å²) in [5.74, 6) is -0.195. The summed E-state index contributed by atoms with van der Waals surface area (Å²) in [6, 6.07) is 9.80. The summed E-state index contributed by atoms with van der Waals surface area (Å²) in [4.78, 5) is 12.4. The van der Waals surface area contributed by atoms with Crippen molar-refractivity contribution in [3.63, 3.8) is 0 Å². The molecule has 0 aliphatic carbocycles. The smallest absolute Gasteiger partial charge is 0.274 e. The van der Waals surface area contributed by atoms with Crippen LogP contribution in [0.3, 0.4) is 0 Å². The number of carbonyl (C=O) groups excluding carboxylic acids is 1. The van der Waals surface area contributed by atoms with Gasteiger partial charge in [-0.25, -0.2) is 4.68 Å². The van der Waals surface area contributed by atoms with E-state index in [0.29, 0.717) is 5.69 Å². The highest BCUT2D eigenvalue weighted by molar-refractivity contribution is 6.03. The number of hydrogen-bond acceptors (Lipinski definition) is 3. The van der Waals surface area contributed by atoms with Crippen molar-refractivity contribution >= 4 is 11.6 Å². The number of nitrogens with one attached hydrogen (secondary N) is 1. The highest BCUT2D eigenvalue weighted by Crippen LogP contribution is 2.23. The van der Waals surface area contributed by atoms with Gasteiger partial charge in [0, 0.05) is 13.2 Å². The molecule has 0 aliphatic heterocycles. The zero-order valence-electron chi connectivity index (χ0n) is 13.7. The van der Waals surface area contributed by atoms with Crippen molar-refractivity contribution in [3.05, 3.63) is 59.2 Å². The molecule has 6 heteroatoms. The van der Waals surface area contributed by atoms with Crippen LogP contribution in [-0.2, 0) is 7.05 Å². The second-order valence-corrected chi connectivity index (χ2v) is 5.59. The number of rotatable bonds is 3. The minimum atomic E-state index is -0.195. The third-order valence-electron chi connectivity index (χ3n) is 3.86. The van der Waals surface area contributed by atoms with Crippen LogP contribution in [0.2, 0.25) is 0 Å². The molecule has 1 amide bonds. The topological polar surface area (TPSA) is 64.7 Å². The quantitative estimate of drug-likeness (QED) is 0.809. The van der Waals surface area contributed by atoms with Crippen LogP contribution in [0.15, 0.2) is 36.5 Å². The monoisotopic (exact) mass is 309 g/mol. The first-order chi connectivity index (χ1) is 11.0. The lowest BCUT2D eigenvalue weighted by molar-refractivity contribution is 0.101. The summed E-state index contributed by atoms with van der Waals surface area (Å²) < 4.78 is 3.39. The van der Waals surface area contributed by atoms with Gasteiger partial charge in [0.1, 0.15) is 5.69 Å². The van der Waals surface area contributed by atoms with E-state index in [0.717, 1.165) is 22.8 Å². The van der Waals surface area contributed by atoms with Gasteiger partial charge in [0.05, 0.1) is 22.8 Å². The fourth-order valence-corrected chi connectivity index (χ4v) is 2.54. The Morgan fingerprint density at radius 2 is 1.78 bits per heavy atom. The standard InChI is InChI=1S/C17H19N5O/c1-11-5-7-14(8-6-11)22-13(3)16(12(2)20-22)19-17(23)15-9-10-18-21(15)4/h5-10H,1-4H3,(H,19,23). The van der Waals surface area contributed by atoms with E-state index in [1.165, 1.54) is 5.56 Å². The minimum Gasteiger partial charge on any atom is -0.317 e. The largest absolute Gasteiger partial charge is 0.317 e. The number of hydrogen-bond donors (Lipinski definition) is 1. The number of benzene rings is 1. The van der Waals surface area contributed by atoms with Crippen molar-refractivity contribution in [2.24, 2.45) is 7.05 Å². The van der Waals surface area contributed by atoms with E-state index in [1.807, 2.05) is 49.7 Å². The van der Waals surface area contributed by atoms with Crippen LogP contribution in [-0.4, -0.2) is 25.5 Å². The van der Waals surface area contributed by atoms with Gasteiger partial charge >= 0.3 is 0 Å². The molecule has 1 N–H and O–H groups in total. The molecule has 2 heterocycles. The molecule has 3 rings (SSSR count). The normalized spacial score (nSPS) is 10.8. The molecule has 0 radical (unpaired) electrons. The van der Waals surface area contributed by atoms with Gasteiger partial charge in [0.25, 0.3) is 5.91 Å². The van der Waals surface area contributed by atoms with Crippen LogP contribution in [0.25, 0.3) is 5.69 Å². The average Bonchev–Trinajstić information content (AvgIpc) is 3.06. The Balaban J connectivity index is 1.94. The molecule has 23 heavy (non-hydrogen) atoms. The molecule has 0 spiro atoms. The van der Waals surface area contributed by atoms with E-state index < -0.39 is 0 Å². The molecule has 6 nitrogen and oxygen atoms in total. The molecule has 0 unspecified atom stereocenters. The van der Waals surface area contributed by atoms with Crippen molar-refractivity contribution in [1.29, 1.82) is 0 Å². The highest BCUT2D eigenvalue weighted by Gasteiger charge is 2.17. The Morgan fingerprint density at radius 3 is 2.39 bits per heavy atom. The molecule has 1 aromatic carbocycles. The second-order valence-electron chi connectivity index (χ2n) is 5.59. The van der Waals surface area contributed by atoms with E-state index in [2.05, 4.69) is 15.5 Å². The first-order valence-corrected chi connectivity index (χ1v) is 7.40. The maximum Gasteiger partial charge on any atom is 0.274 e. The number of amides is 1. The minimum absolute atomic E-state index is 0.195. The van der Waals surface area contributed by atoms with Crippen molar-refractivity contribution < 1.29 is 4.79 Å². The van der Waals surface area contributed by atoms with E-state index in [9.17, 15) is 4.79 Å². The predicted octanol–water partition coefficient (Wildman–Crippen LogP) is 2.78. The molecule has 3 aromatic rings. The molecule has 0 atom stereocenters. The highest BCUT2D eigenvalue weighted by atomic mass is 16.2. The van der Waals surface area contributed by atoms with Crippen molar-refractivity contribution in [2.45, 2.75) is 20.8 Å². The zero-order valence-corrected chi connectivity index (χ0v) is 13.7. The average molecular weight is 309 g/mol. The maximum absolute atomic E-state index is 12.4. The summed E-state index contributed by atoms with van der Waals surface area (Å²) in [6.07, 6.45) is 1.60. The van der Waals surface area contributed by atoms with Crippen LogP contribution in [0, 0.1) is 20.8 Å². The molecule has 0 saturated heterocycles. The van der Waals surface area contributed by atoms with Gasteiger partial charge in [-0.05, 0) is 39.0 Å². The molecule has 0 saturated carbocycles. The summed E-state index contributed by atoms with van der Waals surface area (Å²) in [7, 11) is 1.74. The fourth-order valence-electron chi connectivity index (χ4n) is 2.54. The predicted molar refractivity (Wildman–Crippen MR) is 88.9 cm³/mol. The van der Waals surface area contributed by atoms with E-state index in [4.69, 9.17) is 0 Å². The van der Waals surface area contributed by atoms with Gasteiger partial charge in [0.2, 0.25) is 0 Å². The molecule has 2 aromatic heterocycles. The number of aromatic nitrogens is 4. The summed E-state index contributed by atoms with van der Waals surface area (Å²) >= 11 is 0. The van der Waals surface area contributed by atoms with Crippen LogP contribution in [0.4, 0.5) is 5.69 Å². The summed E-state index contributed by atoms with van der Waals surface area (Å²) in [5.41, 5.74) is 5.07.